The van der Waals surface area contributed by atoms with Crippen molar-refractivity contribution in [2.75, 3.05) is 121 Å². The van der Waals surface area contributed by atoms with Gasteiger partial charge >= 0.3 is 6.09 Å². The molecule has 3 aromatic rings. The first-order valence-electron chi connectivity index (χ1n) is 21.2. The van der Waals surface area contributed by atoms with Gasteiger partial charge in [-0.05, 0) is 99.3 Å². The Kier molecular flexibility index (Phi) is 22.5. The number of nitrogens with one attached hydrogen (secondary N) is 2. The van der Waals surface area contributed by atoms with Gasteiger partial charge in [0.25, 0.3) is 0 Å². The summed E-state index contributed by atoms with van der Waals surface area (Å²) in [4.78, 5) is 39.7. The number of rotatable bonds is 29. The molecule has 0 aliphatic carbocycles. The van der Waals surface area contributed by atoms with Crippen molar-refractivity contribution in [2.45, 2.75) is 58.7 Å². The Morgan fingerprint density at radius 1 is 0.726 bits per heavy atom. The first-order chi connectivity index (χ1) is 29.9. The van der Waals surface area contributed by atoms with Crippen molar-refractivity contribution in [3.63, 3.8) is 0 Å². The monoisotopic (exact) mass is 884 g/mol. The first-order valence-corrected chi connectivity index (χ1v) is 21.6. The smallest absolute Gasteiger partial charge is 0.407 e. The van der Waals surface area contributed by atoms with Crippen LogP contribution in [0.3, 0.4) is 0 Å². The molecule has 3 amide bonds. The van der Waals surface area contributed by atoms with Crippen molar-refractivity contribution >= 4 is 47.1 Å². The van der Waals surface area contributed by atoms with Gasteiger partial charge in [0.05, 0.1) is 98.5 Å². The molecule has 1 aliphatic rings. The molecule has 3 aromatic carbocycles. The highest BCUT2D eigenvalue weighted by Crippen LogP contribution is 2.41. The van der Waals surface area contributed by atoms with Crippen LogP contribution in [0.5, 0.6) is 0 Å². The maximum Gasteiger partial charge on any atom is 0.407 e. The summed E-state index contributed by atoms with van der Waals surface area (Å²) in [5.74, 6) is 0.0120. The van der Waals surface area contributed by atoms with E-state index in [1.165, 1.54) is 0 Å². The van der Waals surface area contributed by atoms with Crippen molar-refractivity contribution in [2.24, 2.45) is 0 Å². The predicted octanol–water partition coefficient (Wildman–Crippen LogP) is 6.91. The maximum absolute atomic E-state index is 12.7. The number of alkyl carbamates (subject to hydrolysis) is 1. The molecule has 15 nitrogen and oxygen atoms in total. The van der Waals surface area contributed by atoms with Crippen LogP contribution in [-0.2, 0) is 47.5 Å². The van der Waals surface area contributed by atoms with E-state index in [-0.39, 0.29) is 18.0 Å². The summed E-state index contributed by atoms with van der Waals surface area (Å²) in [5.41, 5.74) is 5.16. The topological polar surface area (TPSA) is 156 Å². The lowest BCUT2D eigenvalue weighted by Gasteiger charge is -2.39. The van der Waals surface area contributed by atoms with E-state index in [9.17, 15) is 14.4 Å². The van der Waals surface area contributed by atoms with E-state index in [0.717, 1.165) is 46.6 Å². The molecule has 342 valence electrons. The van der Waals surface area contributed by atoms with Gasteiger partial charge in [-0.1, -0.05) is 29.8 Å². The van der Waals surface area contributed by atoms with Gasteiger partial charge in [-0.15, -0.1) is 0 Å². The molecule has 0 spiro atoms. The Hall–Kier alpha value is -4.32. The number of benzene rings is 3. The molecule has 16 heteroatoms. The third-order valence-corrected chi connectivity index (χ3v) is 9.74. The fraction of sp³-hybridized carbons (Fsp3) is 0.543. The Bertz CT molecular complexity index is 1760. The minimum atomic E-state index is -0.525. The van der Waals surface area contributed by atoms with Gasteiger partial charge in [0, 0.05) is 48.1 Å². The van der Waals surface area contributed by atoms with E-state index >= 15 is 0 Å². The molecule has 0 unspecified atom stereocenters. The average molecular weight is 885 g/mol. The standard InChI is InChI=1S/C46H65ClN4O11/c1-35-32-43(49-40-11-9-39(47)10-12-40)42-33-38(8-15-44(42)51(35)36(2)53)37-6-13-41(14-7-37)50(34-52)17-19-56-21-23-58-25-27-60-29-31-61-30-28-59-26-24-57-22-20-55-18-16-48-45(54)62-46(3,4)5/h6-15,33-35,43,49H,16-32H2,1-5H3,(H,48,54)/t35-,43+/m0/s1. The highest BCUT2D eigenvalue weighted by molar-refractivity contribution is 6.30. The SMILES string of the molecule is CC(=O)N1c2ccc(-c3ccc(N(C=O)CCOCCOCCOCCOCCOCCOCCOCCNC(=O)OC(C)(C)C)cc3)cc2[C@H](Nc2ccc(Cl)cc2)C[C@@H]1C. The molecule has 0 aromatic heterocycles. The van der Waals surface area contributed by atoms with Crippen molar-refractivity contribution in [3.05, 3.63) is 77.3 Å². The molecule has 0 radical (unpaired) electrons. The van der Waals surface area contributed by atoms with Gasteiger partial charge in [0.15, 0.2) is 0 Å². The van der Waals surface area contributed by atoms with Gasteiger partial charge in [0.1, 0.15) is 5.60 Å². The van der Waals surface area contributed by atoms with Crippen molar-refractivity contribution in [3.8, 4) is 11.1 Å². The summed E-state index contributed by atoms with van der Waals surface area (Å²) in [6.45, 7) is 15.9. The second-order valence-corrected chi connectivity index (χ2v) is 15.9. The number of hydrogen-bond acceptors (Lipinski definition) is 12. The Balaban J connectivity index is 1.00. The Morgan fingerprint density at radius 3 is 1.73 bits per heavy atom. The van der Waals surface area contributed by atoms with Crippen molar-refractivity contribution in [1.29, 1.82) is 0 Å². The quantitative estimate of drug-likeness (QED) is 0.0550. The number of nitrogens with zero attached hydrogens (tertiary/aromatic N) is 2. The molecule has 0 saturated carbocycles. The highest BCUT2D eigenvalue weighted by Gasteiger charge is 2.32. The second kappa shape index (κ2) is 27.7. The van der Waals surface area contributed by atoms with E-state index in [2.05, 4.69) is 23.6 Å². The number of hydrogen-bond donors (Lipinski definition) is 2. The lowest BCUT2D eigenvalue weighted by atomic mass is 9.89. The number of amides is 3. The lowest BCUT2D eigenvalue weighted by molar-refractivity contribution is -0.117. The number of ether oxygens (including phenoxy) is 8. The molecular weight excluding hydrogens is 820 g/mol. The van der Waals surface area contributed by atoms with Crippen molar-refractivity contribution < 1.29 is 52.3 Å². The number of anilines is 3. The van der Waals surface area contributed by atoms with E-state index in [1.807, 2.05) is 86.3 Å². The van der Waals surface area contributed by atoms with Crippen LogP contribution in [0.15, 0.2) is 66.7 Å². The Labute approximate surface area is 371 Å². The first kappa shape index (κ1) is 50.3. The molecule has 2 N–H and O–H groups in total. The number of fused-ring (bicyclic) bond motifs is 1. The van der Waals surface area contributed by atoms with Gasteiger partial charge in [-0.2, -0.15) is 0 Å². The van der Waals surface area contributed by atoms with Crippen LogP contribution in [0.2, 0.25) is 5.02 Å². The molecule has 0 saturated heterocycles. The number of halogens is 1. The highest BCUT2D eigenvalue weighted by atomic mass is 35.5. The largest absolute Gasteiger partial charge is 0.444 e. The van der Waals surface area contributed by atoms with Crippen LogP contribution in [0.25, 0.3) is 11.1 Å². The van der Waals surface area contributed by atoms with Crippen LogP contribution in [0, 0.1) is 0 Å². The van der Waals surface area contributed by atoms with Gasteiger partial charge in [-0.25, -0.2) is 4.79 Å². The lowest BCUT2D eigenvalue weighted by Crippen LogP contribution is -2.43. The molecule has 0 bridgehead atoms. The number of carbonyl (C=O) groups excluding carboxylic acids is 3. The van der Waals surface area contributed by atoms with Crippen molar-refractivity contribution in [1.82, 2.24) is 5.32 Å². The maximum atomic E-state index is 12.7. The Morgan fingerprint density at radius 2 is 1.23 bits per heavy atom. The van der Waals surface area contributed by atoms with E-state index in [1.54, 1.807) is 11.8 Å². The molecule has 1 heterocycles. The molecule has 4 rings (SSSR count). The van der Waals surface area contributed by atoms with E-state index < -0.39 is 11.7 Å². The van der Waals surface area contributed by atoms with Gasteiger partial charge in [-0.3, -0.25) is 9.59 Å². The third-order valence-electron chi connectivity index (χ3n) is 9.49. The average Bonchev–Trinajstić information content (AvgIpc) is 3.23. The zero-order valence-electron chi connectivity index (χ0n) is 36.9. The number of carbonyl (C=O) groups is 3. The van der Waals surface area contributed by atoms with E-state index in [0.29, 0.717) is 111 Å². The summed E-state index contributed by atoms with van der Waals surface area (Å²) in [6.07, 6.45) is 1.10. The molecule has 62 heavy (non-hydrogen) atoms. The van der Waals surface area contributed by atoms with Crippen LogP contribution < -0.4 is 20.4 Å². The fourth-order valence-electron chi connectivity index (χ4n) is 6.62. The van der Waals surface area contributed by atoms with Gasteiger partial charge < -0.3 is 58.3 Å². The van der Waals surface area contributed by atoms with E-state index in [4.69, 9.17) is 49.5 Å². The summed E-state index contributed by atoms with van der Waals surface area (Å²) in [5, 5.41) is 6.95. The zero-order chi connectivity index (χ0) is 44.6. The normalized spacial score (nSPS) is 14.9. The molecule has 1 aliphatic heterocycles. The summed E-state index contributed by atoms with van der Waals surface area (Å²) in [7, 11) is 0. The van der Waals surface area contributed by atoms with Crippen LogP contribution in [-0.4, -0.2) is 136 Å². The summed E-state index contributed by atoms with van der Waals surface area (Å²) >= 11 is 6.12. The van der Waals surface area contributed by atoms with Gasteiger partial charge in [0.2, 0.25) is 12.3 Å². The molecular formula is C46H65ClN4O11. The van der Waals surface area contributed by atoms with Crippen LogP contribution in [0.4, 0.5) is 21.9 Å². The fourth-order valence-corrected chi connectivity index (χ4v) is 6.75. The molecule has 0 fully saturated rings. The minimum Gasteiger partial charge on any atom is -0.444 e. The zero-order valence-corrected chi connectivity index (χ0v) is 37.6. The minimum absolute atomic E-state index is 0.00385. The summed E-state index contributed by atoms with van der Waals surface area (Å²) < 4.78 is 43.9. The molecule has 2 atom stereocenters. The van der Waals surface area contributed by atoms with Crippen LogP contribution in [0.1, 0.15) is 52.6 Å². The predicted molar refractivity (Wildman–Crippen MR) is 240 cm³/mol. The summed E-state index contributed by atoms with van der Waals surface area (Å²) in [6, 6.07) is 21.7. The third kappa shape index (κ3) is 18.6. The second-order valence-electron chi connectivity index (χ2n) is 15.5. The van der Waals surface area contributed by atoms with Crippen LogP contribution >= 0.6 is 11.6 Å².